The molecule has 0 amide bonds. The van der Waals surface area contributed by atoms with Gasteiger partial charge in [-0.1, -0.05) is 23.5 Å². The predicted molar refractivity (Wildman–Crippen MR) is 100 cm³/mol. The molecule has 1 aliphatic heterocycles. The lowest BCUT2D eigenvalue weighted by atomic mass is 10.1. The predicted octanol–water partition coefficient (Wildman–Crippen LogP) is 4.64. The van der Waals surface area contributed by atoms with Crippen LogP contribution in [-0.4, -0.2) is 37.1 Å². The lowest BCUT2D eigenvalue weighted by Gasteiger charge is -2.25. The average Bonchev–Trinajstić information content (AvgIpc) is 3.21. The first-order valence-electron chi connectivity index (χ1n) is 8.32. The molecule has 0 bridgehead atoms. The molecular weight excluding hydrogens is 397 g/mol. The second-order valence-corrected chi connectivity index (χ2v) is 8.21. The van der Waals surface area contributed by atoms with E-state index in [9.17, 15) is 18.0 Å². The zero-order valence-electron chi connectivity index (χ0n) is 14.1. The summed E-state index contributed by atoms with van der Waals surface area (Å²) in [6.45, 7) is 2.98. The van der Waals surface area contributed by atoms with Crippen LogP contribution in [0.4, 0.5) is 18.3 Å². The number of Topliss-reactive ketones (excluding diaryl/α,β-unsaturated/α-hetero) is 1. The molecule has 1 aromatic carbocycles. The van der Waals surface area contributed by atoms with Gasteiger partial charge in [0.05, 0.1) is 28.4 Å². The number of morpholine rings is 1. The largest absolute Gasteiger partial charge is 0.416 e. The number of ether oxygens (including phenoxy) is 1. The minimum Gasteiger partial charge on any atom is -0.378 e. The monoisotopic (exact) mass is 412 g/mol. The summed E-state index contributed by atoms with van der Waals surface area (Å²) >= 11 is 2.87. The second kappa shape index (κ2) is 7.21. The fourth-order valence-electron chi connectivity index (χ4n) is 2.84. The first-order chi connectivity index (χ1) is 12.9. The molecule has 0 aliphatic carbocycles. The number of halogens is 3. The first kappa shape index (κ1) is 18.4. The zero-order valence-corrected chi connectivity index (χ0v) is 15.7. The standard InChI is InChI=1S/C18H15F3N2O2S2/c19-18(20,21)12-3-1-11(2-4-12)9-13(24)14-10-15-16(26-14)22-17(27-15)23-5-7-25-8-6-23/h1-4,10H,5-9H2. The molecule has 3 aromatic rings. The molecule has 1 saturated heterocycles. The Hall–Kier alpha value is -1.97. The molecule has 4 nitrogen and oxygen atoms in total. The fraction of sp³-hybridized carbons (Fsp3) is 0.333. The van der Waals surface area contributed by atoms with Crippen molar-refractivity contribution in [2.75, 3.05) is 31.2 Å². The molecule has 9 heteroatoms. The molecule has 2 aromatic heterocycles. The molecule has 0 N–H and O–H groups in total. The van der Waals surface area contributed by atoms with Crippen LogP contribution in [0.5, 0.6) is 0 Å². The summed E-state index contributed by atoms with van der Waals surface area (Å²) in [7, 11) is 0. The van der Waals surface area contributed by atoms with Crippen molar-refractivity contribution in [3.8, 4) is 0 Å². The van der Waals surface area contributed by atoms with Crippen molar-refractivity contribution in [3.63, 3.8) is 0 Å². The van der Waals surface area contributed by atoms with Crippen molar-refractivity contribution in [2.45, 2.75) is 12.6 Å². The number of thiazole rings is 1. The van der Waals surface area contributed by atoms with Gasteiger partial charge in [0.2, 0.25) is 0 Å². The Morgan fingerprint density at radius 3 is 2.48 bits per heavy atom. The number of carbonyl (C=O) groups excluding carboxylic acids is 1. The van der Waals surface area contributed by atoms with Crippen LogP contribution < -0.4 is 4.90 Å². The number of anilines is 1. The normalized spacial score (nSPS) is 15.4. The van der Waals surface area contributed by atoms with Crippen molar-refractivity contribution >= 4 is 43.1 Å². The number of carbonyl (C=O) groups is 1. The molecular formula is C18H15F3N2O2S2. The van der Waals surface area contributed by atoms with Crippen LogP contribution >= 0.6 is 22.7 Å². The Morgan fingerprint density at radius 2 is 1.85 bits per heavy atom. The summed E-state index contributed by atoms with van der Waals surface area (Å²) in [6.07, 6.45) is -4.30. The van der Waals surface area contributed by atoms with Crippen molar-refractivity contribution < 1.29 is 22.7 Å². The molecule has 1 aliphatic rings. The molecule has 142 valence electrons. The number of rotatable bonds is 4. The van der Waals surface area contributed by atoms with Gasteiger partial charge in [-0.3, -0.25) is 4.79 Å². The number of ketones is 1. The van der Waals surface area contributed by atoms with E-state index in [2.05, 4.69) is 9.88 Å². The van der Waals surface area contributed by atoms with Crippen molar-refractivity contribution in [1.29, 1.82) is 0 Å². The number of fused-ring (bicyclic) bond motifs is 1. The van der Waals surface area contributed by atoms with E-state index in [1.807, 2.05) is 6.07 Å². The van der Waals surface area contributed by atoms with Crippen LogP contribution in [0, 0.1) is 0 Å². The van der Waals surface area contributed by atoms with Gasteiger partial charge in [-0.05, 0) is 23.8 Å². The summed E-state index contributed by atoms with van der Waals surface area (Å²) in [5.74, 6) is -0.113. The van der Waals surface area contributed by atoms with E-state index in [0.717, 1.165) is 39.9 Å². The maximum Gasteiger partial charge on any atom is 0.416 e. The molecule has 4 rings (SSSR count). The van der Waals surface area contributed by atoms with Crippen LogP contribution in [-0.2, 0) is 17.3 Å². The number of benzene rings is 1. The van der Waals surface area contributed by atoms with Crippen LogP contribution in [0.25, 0.3) is 9.53 Å². The molecule has 27 heavy (non-hydrogen) atoms. The minimum absolute atomic E-state index is 0.0717. The number of hydrogen-bond acceptors (Lipinski definition) is 6. The van der Waals surface area contributed by atoms with Crippen molar-refractivity contribution in [2.24, 2.45) is 0 Å². The van der Waals surface area contributed by atoms with E-state index >= 15 is 0 Å². The summed E-state index contributed by atoms with van der Waals surface area (Å²) in [4.78, 5) is 20.7. The maximum atomic E-state index is 12.6. The Bertz CT molecular complexity index is 926. The smallest absolute Gasteiger partial charge is 0.378 e. The Morgan fingerprint density at radius 1 is 1.15 bits per heavy atom. The maximum absolute atomic E-state index is 12.6. The third-order valence-electron chi connectivity index (χ3n) is 4.28. The van der Waals surface area contributed by atoms with Gasteiger partial charge in [-0.2, -0.15) is 13.2 Å². The van der Waals surface area contributed by atoms with Gasteiger partial charge in [0.25, 0.3) is 0 Å². The van der Waals surface area contributed by atoms with Gasteiger partial charge in [0.1, 0.15) is 4.83 Å². The fourth-order valence-corrected chi connectivity index (χ4v) is 5.04. The van der Waals surface area contributed by atoms with Gasteiger partial charge < -0.3 is 9.64 Å². The first-order valence-corrected chi connectivity index (χ1v) is 9.96. The highest BCUT2D eigenvalue weighted by Gasteiger charge is 2.30. The summed E-state index contributed by atoms with van der Waals surface area (Å²) in [6, 6.07) is 6.54. The van der Waals surface area contributed by atoms with Crippen LogP contribution in [0.1, 0.15) is 20.8 Å². The molecule has 0 unspecified atom stereocenters. The van der Waals surface area contributed by atoms with Gasteiger partial charge in [-0.15, -0.1) is 11.3 Å². The molecule has 0 spiro atoms. The third kappa shape index (κ3) is 3.99. The van der Waals surface area contributed by atoms with E-state index in [4.69, 9.17) is 4.74 Å². The summed E-state index contributed by atoms with van der Waals surface area (Å²) < 4.78 is 44.1. The van der Waals surface area contributed by atoms with Crippen molar-refractivity contribution in [3.05, 3.63) is 46.3 Å². The van der Waals surface area contributed by atoms with Crippen molar-refractivity contribution in [1.82, 2.24) is 4.98 Å². The SMILES string of the molecule is O=C(Cc1ccc(C(F)(F)F)cc1)c1cc2sc(N3CCOCC3)nc2s1. The summed E-state index contributed by atoms with van der Waals surface area (Å²) in [5, 5.41) is 0.932. The van der Waals surface area contributed by atoms with E-state index in [1.165, 1.54) is 23.5 Å². The van der Waals surface area contributed by atoms with Gasteiger partial charge in [0.15, 0.2) is 10.9 Å². The highest BCUT2D eigenvalue weighted by atomic mass is 32.1. The summed E-state index contributed by atoms with van der Waals surface area (Å²) in [5.41, 5.74) is -0.151. The molecule has 3 heterocycles. The van der Waals surface area contributed by atoms with Crippen LogP contribution in [0.2, 0.25) is 0 Å². The van der Waals surface area contributed by atoms with Gasteiger partial charge >= 0.3 is 6.18 Å². The average molecular weight is 412 g/mol. The minimum atomic E-state index is -4.37. The lowest BCUT2D eigenvalue weighted by molar-refractivity contribution is -0.137. The highest BCUT2D eigenvalue weighted by molar-refractivity contribution is 7.29. The van der Waals surface area contributed by atoms with Gasteiger partial charge in [0, 0.05) is 19.5 Å². The second-order valence-electron chi connectivity index (χ2n) is 6.17. The number of nitrogens with zero attached hydrogens (tertiary/aromatic N) is 2. The highest BCUT2D eigenvalue weighted by Crippen LogP contribution is 2.35. The molecule has 1 fully saturated rings. The third-order valence-corrected chi connectivity index (χ3v) is 6.54. The van der Waals surface area contributed by atoms with Crippen LogP contribution in [0.15, 0.2) is 30.3 Å². The van der Waals surface area contributed by atoms with E-state index in [1.54, 1.807) is 11.3 Å². The van der Waals surface area contributed by atoms with E-state index < -0.39 is 11.7 Å². The number of alkyl halides is 3. The number of thiophene rings is 1. The van der Waals surface area contributed by atoms with Crippen LogP contribution in [0.3, 0.4) is 0 Å². The molecule has 0 saturated carbocycles. The quantitative estimate of drug-likeness (QED) is 0.586. The lowest BCUT2D eigenvalue weighted by Crippen LogP contribution is -2.36. The molecule has 0 atom stereocenters. The number of hydrogen-bond donors (Lipinski definition) is 0. The van der Waals surface area contributed by atoms with E-state index in [0.29, 0.717) is 23.7 Å². The number of aromatic nitrogens is 1. The van der Waals surface area contributed by atoms with Gasteiger partial charge in [-0.25, -0.2) is 4.98 Å². The molecule has 0 radical (unpaired) electrons. The Balaban J connectivity index is 1.47. The Labute approximate surface area is 161 Å². The Kier molecular flexibility index (Phi) is 4.92. The van der Waals surface area contributed by atoms with E-state index in [-0.39, 0.29) is 12.2 Å². The topological polar surface area (TPSA) is 42.4 Å². The zero-order chi connectivity index (χ0) is 19.0.